The first-order valence-electron chi connectivity index (χ1n) is 13.6. The number of anilines is 3. The highest BCUT2D eigenvalue weighted by Gasteiger charge is 2.20. The first-order chi connectivity index (χ1) is 19.1. The van der Waals surface area contributed by atoms with Crippen LogP contribution in [0.1, 0.15) is 60.0 Å². The quantitative estimate of drug-likeness (QED) is 0.190. The molecule has 2 aliphatic rings. The van der Waals surface area contributed by atoms with Crippen molar-refractivity contribution in [2.45, 2.75) is 45.4 Å². The lowest BCUT2D eigenvalue weighted by Gasteiger charge is -2.30. The predicted molar refractivity (Wildman–Crippen MR) is 152 cm³/mol. The summed E-state index contributed by atoms with van der Waals surface area (Å²) in [6.07, 6.45) is 8.70. The molecule has 0 spiro atoms. The van der Waals surface area contributed by atoms with Gasteiger partial charge < -0.3 is 19.3 Å². The summed E-state index contributed by atoms with van der Waals surface area (Å²) in [6.45, 7) is 5.73. The Morgan fingerprint density at radius 1 is 0.872 bits per heavy atom. The average Bonchev–Trinajstić information content (AvgIpc) is 2.98. The molecule has 204 valence electrons. The molecule has 0 bridgehead atoms. The summed E-state index contributed by atoms with van der Waals surface area (Å²) in [6, 6.07) is 12.5. The van der Waals surface area contributed by atoms with Crippen LogP contribution in [0.2, 0.25) is 0 Å². The second-order valence-electron chi connectivity index (χ2n) is 9.89. The highest BCUT2D eigenvalue weighted by atomic mass is 16.6. The molecule has 2 saturated heterocycles. The van der Waals surface area contributed by atoms with Gasteiger partial charge in [-0.15, -0.1) is 0 Å². The number of hydrazone groups is 1. The summed E-state index contributed by atoms with van der Waals surface area (Å²) in [7, 11) is 1.54. The Balaban J connectivity index is 1.30. The van der Waals surface area contributed by atoms with Crippen LogP contribution < -0.4 is 24.7 Å². The van der Waals surface area contributed by atoms with E-state index in [1.807, 2.05) is 19.1 Å². The first kappa shape index (κ1) is 26.4. The maximum Gasteiger partial charge on any atom is 0.343 e. The zero-order chi connectivity index (χ0) is 27.0. The first-order valence-corrected chi connectivity index (χ1v) is 13.6. The van der Waals surface area contributed by atoms with Crippen LogP contribution in [0.15, 0.2) is 47.6 Å². The number of nitrogens with zero attached hydrogens (tertiary/aromatic N) is 6. The highest BCUT2D eigenvalue weighted by molar-refractivity contribution is 5.91. The third-order valence-corrected chi connectivity index (χ3v) is 6.91. The monoisotopic (exact) mass is 529 g/mol. The van der Waals surface area contributed by atoms with Crippen molar-refractivity contribution in [3.63, 3.8) is 0 Å². The van der Waals surface area contributed by atoms with Crippen LogP contribution in [0.25, 0.3) is 0 Å². The summed E-state index contributed by atoms with van der Waals surface area (Å²) in [5.74, 6) is 2.14. The molecule has 0 saturated carbocycles. The number of methoxy groups -OCH3 is 1. The number of nitrogens with one attached hydrogen (secondary N) is 1. The Kier molecular flexibility index (Phi) is 8.50. The van der Waals surface area contributed by atoms with Crippen molar-refractivity contribution in [2.75, 3.05) is 48.5 Å². The molecule has 1 N–H and O–H groups in total. The number of benzene rings is 2. The Morgan fingerprint density at radius 2 is 1.54 bits per heavy atom. The summed E-state index contributed by atoms with van der Waals surface area (Å²) < 4.78 is 11.1. The molecule has 0 atom stereocenters. The number of aromatic nitrogens is 3. The summed E-state index contributed by atoms with van der Waals surface area (Å²) in [4.78, 5) is 31.2. The van der Waals surface area contributed by atoms with E-state index >= 15 is 0 Å². The Hall–Kier alpha value is -4.21. The Labute approximate surface area is 229 Å². The van der Waals surface area contributed by atoms with Crippen molar-refractivity contribution >= 4 is 30.0 Å². The fourth-order valence-corrected chi connectivity index (χ4v) is 4.82. The van der Waals surface area contributed by atoms with E-state index in [1.165, 1.54) is 20.0 Å². The molecule has 0 aliphatic carbocycles. The molecule has 1 aromatic heterocycles. The van der Waals surface area contributed by atoms with Gasteiger partial charge in [0.15, 0.2) is 11.5 Å². The number of aryl methyl sites for hydroxylation is 1. The van der Waals surface area contributed by atoms with Gasteiger partial charge in [-0.1, -0.05) is 17.7 Å². The van der Waals surface area contributed by atoms with Crippen molar-refractivity contribution in [3.8, 4) is 11.5 Å². The zero-order valence-corrected chi connectivity index (χ0v) is 22.6. The number of carbonyl (C=O) groups is 1. The van der Waals surface area contributed by atoms with Gasteiger partial charge in [0.2, 0.25) is 17.8 Å². The zero-order valence-electron chi connectivity index (χ0n) is 22.6. The van der Waals surface area contributed by atoms with Crippen LogP contribution in [-0.4, -0.2) is 60.4 Å². The Morgan fingerprint density at radius 3 is 2.15 bits per heavy atom. The molecule has 0 unspecified atom stereocenters. The number of esters is 1. The highest BCUT2D eigenvalue weighted by Crippen LogP contribution is 2.29. The predicted octanol–water partition coefficient (Wildman–Crippen LogP) is 4.83. The van der Waals surface area contributed by atoms with Crippen LogP contribution in [0.5, 0.6) is 11.5 Å². The average molecular weight is 530 g/mol. The van der Waals surface area contributed by atoms with Crippen molar-refractivity contribution < 1.29 is 14.3 Å². The van der Waals surface area contributed by atoms with Crippen molar-refractivity contribution in [3.05, 3.63) is 59.2 Å². The van der Waals surface area contributed by atoms with Gasteiger partial charge in [-0.3, -0.25) is 0 Å². The Bertz CT molecular complexity index is 1280. The molecule has 3 heterocycles. The molecule has 10 nitrogen and oxygen atoms in total. The second-order valence-corrected chi connectivity index (χ2v) is 9.89. The summed E-state index contributed by atoms with van der Waals surface area (Å²) in [5.41, 5.74) is 5.22. The van der Waals surface area contributed by atoms with Gasteiger partial charge in [-0.05, 0) is 81.3 Å². The van der Waals surface area contributed by atoms with E-state index in [0.717, 1.165) is 63.0 Å². The van der Waals surface area contributed by atoms with Crippen LogP contribution in [0.3, 0.4) is 0 Å². The van der Waals surface area contributed by atoms with Crippen LogP contribution in [0.4, 0.5) is 17.8 Å². The third kappa shape index (κ3) is 6.81. The fourth-order valence-electron chi connectivity index (χ4n) is 4.82. The number of piperidine rings is 2. The van der Waals surface area contributed by atoms with E-state index in [-0.39, 0.29) is 0 Å². The maximum absolute atomic E-state index is 12.6. The SMILES string of the molecule is COc1cc(C=NNc2nc(N3CCCCC3)nc(N3CCCCC3)n2)ccc1OC(=O)c1cccc(C)c1. The van der Waals surface area contributed by atoms with Crippen molar-refractivity contribution in [1.82, 2.24) is 15.0 Å². The molecule has 3 aromatic rings. The van der Waals surface area contributed by atoms with Gasteiger partial charge in [-0.2, -0.15) is 20.1 Å². The normalized spacial score (nSPS) is 15.8. The van der Waals surface area contributed by atoms with E-state index < -0.39 is 5.97 Å². The maximum atomic E-state index is 12.6. The minimum absolute atomic E-state index is 0.337. The van der Waals surface area contributed by atoms with E-state index in [0.29, 0.717) is 34.9 Å². The van der Waals surface area contributed by atoms with Crippen LogP contribution in [0, 0.1) is 6.92 Å². The number of ether oxygens (including phenoxy) is 2. The van der Waals surface area contributed by atoms with Gasteiger partial charge in [0, 0.05) is 26.2 Å². The smallest absolute Gasteiger partial charge is 0.343 e. The van der Waals surface area contributed by atoms with E-state index in [2.05, 4.69) is 30.3 Å². The topological polar surface area (TPSA) is 105 Å². The van der Waals surface area contributed by atoms with Gasteiger partial charge in [0.1, 0.15) is 0 Å². The molecule has 39 heavy (non-hydrogen) atoms. The van der Waals surface area contributed by atoms with Gasteiger partial charge in [0.05, 0.1) is 18.9 Å². The molecular weight excluding hydrogens is 494 g/mol. The second kappa shape index (κ2) is 12.6. The minimum Gasteiger partial charge on any atom is -0.493 e. The fraction of sp³-hybridized carbons (Fsp3) is 0.414. The lowest BCUT2D eigenvalue weighted by molar-refractivity contribution is 0.0729. The van der Waals surface area contributed by atoms with E-state index in [1.54, 1.807) is 36.5 Å². The van der Waals surface area contributed by atoms with E-state index in [4.69, 9.17) is 14.5 Å². The number of rotatable bonds is 8. The summed E-state index contributed by atoms with van der Waals surface area (Å²) >= 11 is 0. The largest absolute Gasteiger partial charge is 0.493 e. The molecule has 10 heteroatoms. The molecular formula is C29H35N7O3. The van der Waals surface area contributed by atoms with Gasteiger partial charge in [0.25, 0.3) is 0 Å². The lowest BCUT2D eigenvalue weighted by Crippen LogP contribution is -2.34. The van der Waals surface area contributed by atoms with Gasteiger partial charge >= 0.3 is 5.97 Å². The van der Waals surface area contributed by atoms with Crippen molar-refractivity contribution in [1.29, 1.82) is 0 Å². The molecule has 5 rings (SSSR count). The lowest BCUT2D eigenvalue weighted by atomic mass is 10.1. The third-order valence-electron chi connectivity index (χ3n) is 6.91. The van der Waals surface area contributed by atoms with E-state index in [9.17, 15) is 4.79 Å². The van der Waals surface area contributed by atoms with Crippen LogP contribution >= 0.6 is 0 Å². The number of hydrogen-bond donors (Lipinski definition) is 1. The molecule has 2 fully saturated rings. The molecule has 0 amide bonds. The van der Waals surface area contributed by atoms with Crippen LogP contribution in [-0.2, 0) is 0 Å². The standard InChI is InChI=1S/C29H35N7O3/c1-21-10-9-11-23(18-21)26(37)39-24-13-12-22(19-25(24)38-2)20-30-34-27-31-28(35-14-5-3-6-15-35)33-29(32-27)36-16-7-4-8-17-36/h9-13,18-20H,3-8,14-17H2,1-2H3,(H,31,32,33,34). The van der Waals surface area contributed by atoms with Gasteiger partial charge in [-0.25, -0.2) is 10.2 Å². The number of carbonyl (C=O) groups excluding carboxylic acids is 1. The molecule has 2 aromatic carbocycles. The summed E-state index contributed by atoms with van der Waals surface area (Å²) in [5, 5.41) is 4.38. The minimum atomic E-state index is -0.441. The van der Waals surface area contributed by atoms with Crippen molar-refractivity contribution in [2.24, 2.45) is 5.10 Å². The number of hydrogen-bond acceptors (Lipinski definition) is 10. The molecule has 0 radical (unpaired) electrons. The molecule has 2 aliphatic heterocycles.